The second kappa shape index (κ2) is 4.20. The van der Waals surface area contributed by atoms with Crippen molar-refractivity contribution in [3.05, 3.63) is 23.5 Å². The summed E-state index contributed by atoms with van der Waals surface area (Å²) >= 11 is 0. The Hall–Kier alpha value is -0.720. The molecule has 1 heterocycles. The van der Waals surface area contributed by atoms with Gasteiger partial charge in [0.05, 0.1) is 0 Å². The first-order valence-electron chi connectivity index (χ1n) is 5.53. The molecule has 0 bridgehead atoms. The predicted molar refractivity (Wildman–Crippen MR) is 62.5 cm³/mol. The molecule has 0 aliphatic heterocycles. The highest BCUT2D eigenvalue weighted by Gasteiger charge is 2.12. The lowest BCUT2D eigenvalue weighted by Gasteiger charge is -2.16. The summed E-state index contributed by atoms with van der Waals surface area (Å²) in [6, 6.07) is 4.45. The first-order valence-corrected chi connectivity index (χ1v) is 5.53. The maximum absolute atomic E-state index is 3.50. The van der Waals surface area contributed by atoms with Crippen LogP contribution in [0.1, 0.15) is 46.0 Å². The largest absolute Gasteiger partial charge is 0.362 e. The van der Waals surface area contributed by atoms with Crippen molar-refractivity contribution in [3.63, 3.8) is 0 Å². The molecule has 0 aliphatic carbocycles. The van der Waals surface area contributed by atoms with Crippen molar-refractivity contribution in [3.8, 4) is 0 Å². The highest BCUT2D eigenvalue weighted by atomic mass is 14.7. The molecule has 0 radical (unpaired) electrons. The molecule has 0 atom stereocenters. The van der Waals surface area contributed by atoms with Gasteiger partial charge < -0.3 is 4.98 Å². The summed E-state index contributed by atoms with van der Waals surface area (Å²) in [5.74, 6) is 0.733. The van der Waals surface area contributed by atoms with E-state index in [-0.39, 0.29) is 0 Å². The van der Waals surface area contributed by atoms with Gasteiger partial charge in [-0.2, -0.15) is 0 Å². The second-order valence-electron chi connectivity index (χ2n) is 5.84. The summed E-state index contributed by atoms with van der Waals surface area (Å²) in [6.45, 7) is 11.3. The van der Waals surface area contributed by atoms with Gasteiger partial charge in [0.15, 0.2) is 0 Å². The number of nitrogens with one attached hydrogen (secondary N) is 1. The Bertz CT molecular complexity index is 276. The normalized spacial score (nSPS) is 12.4. The van der Waals surface area contributed by atoms with E-state index in [0.717, 1.165) is 18.8 Å². The van der Waals surface area contributed by atoms with Gasteiger partial charge in [0.1, 0.15) is 0 Å². The average Bonchev–Trinajstić information content (AvgIpc) is 2.30. The minimum atomic E-state index is 0.375. The van der Waals surface area contributed by atoms with Gasteiger partial charge in [-0.1, -0.05) is 34.6 Å². The zero-order chi connectivity index (χ0) is 10.8. The van der Waals surface area contributed by atoms with E-state index < -0.39 is 0 Å². The maximum Gasteiger partial charge on any atom is 0.0154 e. The van der Waals surface area contributed by atoms with Crippen LogP contribution in [0.3, 0.4) is 0 Å². The highest BCUT2D eigenvalue weighted by Crippen LogP contribution is 2.20. The SMILES string of the molecule is CC(C)Cc1ccc(CC(C)(C)C)[nH]1. The molecule has 1 rings (SSSR count). The summed E-state index contributed by atoms with van der Waals surface area (Å²) in [5.41, 5.74) is 3.12. The van der Waals surface area contributed by atoms with Crippen LogP contribution in [0.25, 0.3) is 0 Å². The van der Waals surface area contributed by atoms with Gasteiger partial charge in [-0.05, 0) is 36.3 Å². The fraction of sp³-hybridized carbons (Fsp3) is 0.692. The van der Waals surface area contributed by atoms with Gasteiger partial charge in [-0.15, -0.1) is 0 Å². The number of hydrogen-bond acceptors (Lipinski definition) is 0. The van der Waals surface area contributed by atoms with E-state index in [1.54, 1.807) is 0 Å². The average molecular weight is 193 g/mol. The molecule has 0 amide bonds. The minimum absolute atomic E-state index is 0.375. The van der Waals surface area contributed by atoms with E-state index in [2.05, 4.69) is 51.7 Å². The summed E-state index contributed by atoms with van der Waals surface area (Å²) in [7, 11) is 0. The zero-order valence-corrected chi connectivity index (χ0v) is 10.1. The third-order valence-electron chi connectivity index (χ3n) is 2.16. The van der Waals surface area contributed by atoms with Gasteiger partial charge in [0.2, 0.25) is 0 Å². The molecule has 1 heteroatoms. The van der Waals surface area contributed by atoms with Crippen LogP contribution in [0.15, 0.2) is 12.1 Å². The lowest BCUT2D eigenvalue weighted by atomic mass is 9.91. The molecule has 1 N–H and O–H groups in total. The molecule has 0 saturated carbocycles. The second-order valence-corrected chi connectivity index (χ2v) is 5.84. The fourth-order valence-electron chi connectivity index (χ4n) is 1.72. The molecule has 1 aromatic heterocycles. The Morgan fingerprint density at radius 2 is 1.71 bits per heavy atom. The van der Waals surface area contributed by atoms with Crippen molar-refractivity contribution in [1.29, 1.82) is 0 Å². The Balaban J connectivity index is 2.60. The molecule has 0 spiro atoms. The first kappa shape index (κ1) is 11.4. The van der Waals surface area contributed by atoms with Crippen molar-refractivity contribution in [2.24, 2.45) is 11.3 Å². The van der Waals surface area contributed by atoms with Crippen LogP contribution in [-0.4, -0.2) is 4.98 Å². The topological polar surface area (TPSA) is 15.8 Å². The van der Waals surface area contributed by atoms with Crippen LogP contribution in [-0.2, 0) is 12.8 Å². The Morgan fingerprint density at radius 1 is 1.14 bits per heavy atom. The number of hydrogen-bond donors (Lipinski definition) is 1. The van der Waals surface area contributed by atoms with E-state index in [0.29, 0.717) is 5.41 Å². The van der Waals surface area contributed by atoms with E-state index >= 15 is 0 Å². The molecular formula is C13H23N. The van der Waals surface area contributed by atoms with Crippen LogP contribution in [0, 0.1) is 11.3 Å². The van der Waals surface area contributed by atoms with Gasteiger partial charge in [0.25, 0.3) is 0 Å². The van der Waals surface area contributed by atoms with Gasteiger partial charge in [0, 0.05) is 11.4 Å². The van der Waals surface area contributed by atoms with Crippen molar-refractivity contribution < 1.29 is 0 Å². The Morgan fingerprint density at radius 3 is 2.21 bits per heavy atom. The van der Waals surface area contributed by atoms with Crippen molar-refractivity contribution in [2.45, 2.75) is 47.5 Å². The standard InChI is InChI=1S/C13H23N/c1-10(2)8-11-6-7-12(14-11)9-13(3,4)5/h6-7,10,14H,8-9H2,1-5H3. The molecule has 0 unspecified atom stereocenters. The van der Waals surface area contributed by atoms with Crippen molar-refractivity contribution in [1.82, 2.24) is 4.98 Å². The van der Waals surface area contributed by atoms with E-state index in [9.17, 15) is 0 Å². The summed E-state index contributed by atoms with van der Waals surface area (Å²) in [4.78, 5) is 3.50. The summed E-state index contributed by atoms with van der Waals surface area (Å²) < 4.78 is 0. The van der Waals surface area contributed by atoms with Crippen LogP contribution in [0.4, 0.5) is 0 Å². The fourth-order valence-corrected chi connectivity index (χ4v) is 1.72. The van der Waals surface area contributed by atoms with Crippen molar-refractivity contribution in [2.75, 3.05) is 0 Å². The van der Waals surface area contributed by atoms with Gasteiger partial charge >= 0.3 is 0 Å². The first-order chi connectivity index (χ1) is 6.37. The molecule has 0 saturated heterocycles. The Kier molecular flexibility index (Phi) is 3.41. The maximum atomic E-state index is 3.50. The summed E-state index contributed by atoms with van der Waals surface area (Å²) in [5, 5.41) is 0. The van der Waals surface area contributed by atoms with Gasteiger partial charge in [-0.3, -0.25) is 0 Å². The number of aromatic nitrogens is 1. The van der Waals surface area contributed by atoms with E-state index in [1.165, 1.54) is 11.4 Å². The van der Waals surface area contributed by atoms with Crippen LogP contribution >= 0.6 is 0 Å². The molecule has 1 nitrogen and oxygen atoms in total. The smallest absolute Gasteiger partial charge is 0.0154 e. The highest BCUT2D eigenvalue weighted by molar-refractivity contribution is 5.14. The molecule has 14 heavy (non-hydrogen) atoms. The molecule has 0 aliphatic rings. The molecule has 0 fully saturated rings. The monoisotopic (exact) mass is 193 g/mol. The zero-order valence-electron chi connectivity index (χ0n) is 10.1. The molecule has 0 aromatic carbocycles. The minimum Gasteiger partial charge on any atom is -0.362 e. The van der Waals surface area contributed by atoms with Crippen molar-refractivity contribution >= 4 is 0 Å². The number of H-pyrrole nitrogens is 1. The van der Waals surface area contributed by atoms with Crippen LogP contribution in [0.2, 0.25) is 0 Å². The van der Waals surface area contributed by atoms with Gasteiger partial charge in [-0.25, -0.2) is 0 Å². The van der Waals surface area contributed by atoms with E-state index in [1.807, 2.05) is 0 Å². The third-order valence-corrected chi connectivity index (χ3v) is 2.16. The number of aromatic amines is 1. The van der Waals surface area contributed by atoms with E-state index in [4.69, 9.17) is 0 Å². The predicted octanol–water partition coefficient (Wildman–Crippen LogP) is 3.80. The molecule has 1 aromatic rings. The Labute approximate surface area is 87.9 Å². The van der Waals surface area contributed by atoms with Crippen LogP contribution in [0.5, 0.6) is 0 Å². The lowest BCUT2D eigenvalue weighted by Crippen LogP contribution is -2.09. The lowest BCUT2D eigenvalue weighted by molar-refractivity contribution is 0.406. The molecular weight excluding hydrogens is 170 g/mol. The van der Waals surface area contributed by atoms with Crippen LogP contribution < -0.4 is 0 Å². The molecule has 80 valence electrons. The summed E-state index contributed by atoms with van der Waals surface area (Å²) in [6.07, 6.45) is 2.29. The third kappa shape index (κ3) is 3.99. The quantitative estimate of drug-likeness (QED) is 0.751. The number of rotatable bonds is 3.